The van der Waals surface area contributed by atoms with E-state index < -0.39 is 0 Å². The fraction of sp³-hybridized carbons (Fsp3) is 1.00. The van der Waals surface area contributed by atoms with Gasteiger partial charge in [-0.05, 0) is 33.4 Å². The van der Waals surface area contributed by atoms with Crippen molar-refractivity contribution in [1.82, 2.24) is 5.32 Å². The van der Waals surface area contributed by atoms with Crippen LogP contribution in [-0.2, 0) is 9.47 Å². The molecule has 0 rings (SSSR count). The highest BCUT2D eigenvalue weighted by atomic mass is 16.5. The topological polar surface area (TPSA) is 30.5 Å². The van der Waals surface area contributed by atoms with Gasteiger partial charge in [-0.25, -0.2) is 0 Å². The van der Waals surface area contributed by atoms with E-state index in [1.54, 1.807) is 7.11 Å². The van der Waals surface area contributed by atoms with Gasteiger partial charge in [-0.1, -0.05) is 0 Å². The largest absolute Gasteiger partial charge is 0.382 e. The first-order chi connectivity index (χ1) is 5.81. The van der Waals surface area contributed by atoms with E-state index in [2.05, 4.69) is 12.2 Å². The van der Waals surface area contributed by atoms with E-state index in [0.717, 1.165) is 13.0 Å². The van der Waals surface area contributed by atoms with Gasteiger partial charge in [-0.3, -0.25) is 0 Å². The van der Waals surface area contributed by atoms with Crippen LogP contribution in [0.3, 0.4) is 0 Å². The van der Waals surface area contributed by atoms with Crippen molar-refractivity contribution >= 4 is 0 Å². The molecule has 1 N–H and O–H groups in total. The molecule has 0 aromatic rings. The van der Waals surface area contributed by atoms with Crippen LogP contribution >= 0.6 is 0 Å². The van der Waals surface area contributed by atoms with Gasteiger partial charge in [0.2, 0.25) is 0 Å². The lowest BCUT2D eigenvalue weighted by atomic mass is 10.2. The molecular weight excluding hydrogens is 154 g/mol. The predicted molar refractivity (Wildman–Crippen MR) is 50.5 cm³/mol. The fourth-order valence-electron chi connectivity index (χ4n) is 0.982. The monoisotopic (exact) mass is 175 g/mol. The van der Waals surface area contributed by atoms with Crippen molar-refractivity contribution in [3.8, 4) is 0 Å². The SMILES string of the molecule is CNCCCC(C)OCCOC. The van der Waals surface area contributed by atoms with E-state index in [0.29, 0.717) is 19.3 Å². The molecule has 0 aliphatic rings. The number of methoxy groups -OCH3 is 1. The molecule has 0 aliphatic carbocycles. The Morgan fingerprint density at radius 2 is 2.08 bits per heavy atom. The van der Waals surface area contributed by atoms with Crippen molar-refractivity contribution in [3.05, 3.63) is 0 Å². The predicted octanol–water partition coefficient (Wildman–Crippen LogP) is 1.04. The van der Waals surface area contributed by atoms with Crippen LogP contribution in [0.25, 0.3) is 0 Å². The molecule has 1 atom stereocenters. The molecule has 0 fully saturated rings. The number of hydrogen-bond donors (Lipinski definition) is 1. The molecule has 3 nitrogen and oxygen atoms in total. The van der Waals surface area contributed by atoms with Gasteiger partial charge >= 0.3 is 0 Å². The Kier molecular flexibility index (Phi) is 8.88. The number of ether oxygens (including phenoxy) is 2. The summed E-state index contributed by atoms with van der Waals surface area (Å²) in [5.74, 6) is 0. The summed E-state index contributed by atoms with van der Waals surface area (Å²) in [5.41, 5.74) is 0. The molecule has 0 spiro atoms. The lowest BCUT2D eigenvalue weighted by molar-refractivity contribution is 0.0218. The zero-order chi connectivity index (χ0) is 9.23. The fourth-order valence-corrected chi connectivity index (χ4v) is 0.982. The first-order valence-electron chi connectivity index (χ1n) is 4.56. The Morgan fingerprint density at radius 3 is 2.67 bits per heavy atom. The quantitative estimate of drug-likeness (QED) is 0.559. The lowest BCUT2D eigenvalue weighted by Gasteiger charge is -2.11. The smallest absolute Gasteiger partial charge is 0.0703 e. The van der Waals surface area contributed by atoms with Crippen LogP contribution in [0.2, 0.25) is 0 Å². The molecule has 74 valence electrons. The molecular formula is C9H21NO2. The molecule has 0 amide bonds. The Bertz CT molecular complexity index is 78.6. The summed E-state index contributed by atoms with van der Waals surface area (Å²) in [6.07, 6.45) is 2.64. The number of nitrogens with one attached hydrogen (secondary N) is 1. The van der Waals surface area contributed by atoms with Crippen molar-refractivity contribution in [2.24, 2.45) is 0 Å². The summed E-state index contributed by atoms with van der Waals surface area (Å²) in [4.78, 5) is 0. The Hall–Kier alpha value is -0.120. The summed E-state index contributed by atoms with van der Waals surface area (Å²) >= 11 is 0. The van der Waals surface area contributed by atoms with Gasteiger partial charge in [0.15, 0.2) is 0 Å². The second kappa shape index (κ2) is 8.97. The van der Waals surface area contributed by atoms with Crippen LogP contribution in [0.4, 0.5) is 0 Å². The van der Waals surface area contributed by atoms with Crippen molar-refractivity contribution in [2.75, 3.05) is 33.9 Å². The van der Waals surface area contributed by atoms with Gasteiger partial charge in [0.25, 0.3) is 0 Å². The Balaban J connectivity index is 3.04. The third-order valence-corrected chi connectivity index (χ3v) is 1.73. The van der Waals surface area contributed by atoms with E-state index in [1.165, 1.54) is 6.42 Å². The van der Waals surface area contributed by atoms with E-state index in [4.69, 9.17) is 9.47 Å². The normalized spacial score (nSPS) is 13.2. The van der Waals surface area contributed by atoms with Gasteiger partial charge in [0, 0.05) is 7.11 Å². The van der Waals surface area contributed by atoms with Crippen molar-refractivity contribution in [1.29, 1.82) is 0 Å². The average Bonchev–Trinajstić information content (AvgIpc) is 2.06. The average molecular weight is 175 g/mol. The first kappa shape index (κ1) is 11.9. The van der Waals surface area contributed by atoms with Gasteiger partial charge < -0.3 is 14.8 Å². The standard InChI is InChI=1S/C9H21NO2/c1-9(5-4-6-10-2)12-8-7-11-3/h9-10H,4-8H2,1-3H3. The zero-order valence-corrected chi connectivity index (χ0v) is 8.43. The summed E-state index contributed by atoms with van der Waals surface area (Å²) in [5, 5.41) is 3.11. The molecule has 0 radical (unpaired) electrons. The van der Waals surface area contributed by atoms with Crippen LogP contribution in [0.5, 0.6) is 0 Å². The van der Waals surface area contributed by atoms with E-state index in [9.17, 15) is 0 Å². The minimum atomic E-state index is 0.355. The summed E-state index contributed by atoms with van der Waals surface area (Å²) in [6, 6.07) is 0. The summed E-state index contributed by atoms with van der Waals surface area (Å²) in [6.45, 7) is 4.57. The molecule has 0 bridgehead atoms. The Morgan fingerprint density at radius 1 is 1.33 bits per heavy atom. The van der Waals surface area contributed by atoms with Gasteiger partial charge in [0.1, 0.15) is 0 Å². The van der Waals surface area contributed by atoms with Crippen molar-refractivity contribution < 1.29 is 9.47 Å². The van der Waals surface area contributed by atoms with E-state index in [-0.39, 0.29) is 0 Å². The van der Waals surface area contributed by atoms with Crippen LogP contribution in [-0.4, -0.2) is 40.0 Å². The summed E-state index contributed by atoms with van der Waals surface area (Å²) < 4.78 is 10.4. The molecule has 0 saturated carbocycles. The highest BCUT2D eigenvalue weighted by molar-refractivity contribution is 4.51. The molecule has 0 heterocycles. The van der Waals surface area contributed by atoms with E-state index >= 15 is 0 Å². The van der Waals surface area contributed by atoms with Crippen LogP contribution in [0.15, 0.2) is 0 Å². The van der Waals surface area contributed by atoms with Crippen LogP contribution < -0.4 is 5.32 Å². The third-order valence-electron chi connectivity index (χ3n) is 1.73. The zero-order valence-electron chi connectivity index (χ0n) is 8.43. The maximum absolute atomic E-state index is 5.48. The highest BCUT2D eigenvalue weighted by Crippen LogP contribution is 1.99. The minimum Gasteiger partial charge on any atom is -0.382 e. The van der Waals surface area contributed by atoms with Gasteiger partial charge in [-0.2, -0.15) is 0 Å². The number of hydrogen-bond acceptors (Lipinski definition) is 3. The van der Waals surface area contributed by atoms with Crippen LogP contribution in [0, 0.1) is 0 Å². The van der Waals surface area contributed by atoms with Crippen molar-refractivity contribution in [3.63, 3.8) is 0 Å². The van der Waals surface area contributed by atoms with Crippen LogP contribution in [0.1, 0.15) is 19.8 Å². The Labute approximate surface area is 75.4 Å². The molecule has 0 aromatic carbocycles. The lowest BCUT2D eigenvalue weighted by Crippen LogP contribution is -2.15. The van der Waals surface area contributed by atoms with Crippen molar-refractivity contribution in [2.45, 2.75) is 25.9 Å². The third kappa shape index (κ3) is 7.98. The number of rotatable bonds is 8. The maximum atomic E-state index is 5.48. The molecule has 0 aliphatic heterocycles. The molecule has 0 saturated heterocycles. The maximum Gasteiger partial charge on any atom is 0.0703 e. The van der Waals surface area contributed by atoms with Gasteiger partial charge in [0.05, 0.1) is 19.3 Å². The molecule has 12 heavy (non-hydrogen) atoms. The molecule has 1 unspecified atom stereocenters. The first-order valence-corrected chi connectivity index (χ1v) is 4.56. The second-order valence-electron chi connectivity index (χ2n) is 2.92. The van der Waals surface area contributed by atoms with E-state index in [1.807, 2.05) is 7.05 Å². The minimum absolute atomic E-state index is 0.355. The summed E-state index contributed by atoms with van der Waals surface area (Å²) in [7, 11) is 3.66. The molecule has 0 aromatic heterocycles. The van der Waals surface area contributed by atoms with Gasteiger partial charge in [-0.15, -0.1) is 0 Å². The second-order valence-corrected chi connectivity index (χ2v) is 2.92. The highest BCUT2D eigenvalue weighted by Gasteiger charge is 2.00. The molecule has 3 heteroatoms.